The molecule has 0 saturated heterocycles. The molecule has 0 aliphatic heterocycles. The number of fused-ring (bicyclic) bond motifs is 1. The van der Waals surface area contributed by atoms with E-state index in [9.17, 15) is 4.79 Å². The summed E-state index contributed by atoms with van der Waals surface area (Å²) in [5, 5.41) is 1.71. The van der Waals surface area contributed by atoms with Crippen LogP contribution in [-0.4, -0.2) is 10.9 Å². The summed E-state index contributed by atoms with van der Waals surface area (Å²) >= 11 is 3.37. The summed E-state index contributed by atoms with van der Waals surface area (Å²) in [5.74, 6) is -0.506. The summed E-state index contributed by atoms with van der Waals surface area (Å²) < 4.78 is 0.859. The number of hydrogen-bond donors (Lipinski definition) is 1. The molecule has 4 heteroatoms. The molecule has 3 nitrogen and oxygen atoms in total. The Bertz CT molecular complexity index is 510. The van der Waals surface area contributed by atoms with Gasteiger partial charge in [-0.1, -0.05) is 24.3 Å². The number of benzene rings is 1. The van der Waals surface area contributed by atoms with Crippen molar-refractivity contribution in [2.45, 2.75) is 0 Å². The number of hydrogen-bond acceptors (Lipinski definition) is 2. The largest absolute Gasteiger partial charge is 0.364 e. The molecule has 2 N–H and O–H groups in total. The summed E-state index contributed by atoms with van der Waals surface area (Å²) in [6.07, 6.45) is 1.59. The zero-order chi connectivity index (χ0) is 10.1. The van der Waals surface area contributed by atoms with E-state index in [1.54, 1.807) is 6.20 Å². The van der Waals surface area contributed by atoms with Gasteiger partial charge in [0.25, 0.3) is 5.91 Å². The lowest BCUT2D eigenvalue weighted by atomic mass is 10.1. The number of carbonyl (C=O) groups excluding carboxylic acids is 1. The Labute approximate surface area is 89.1 Å². The molecule has 1 heterocycles. The van der Waals surface area contributed by atoms with Crippen LogP contribution in [0.25, 0.3) is 10.8 Å². The van der Waals surface area contributed by atoms with Gasteiger partial charge in [-0.05, 0) is 21.3 Å². The van der Waals surface area contributed by atoms with Crippen molar-refractivity contribution in [2.24, 2.45) is 5.73 Å². The highest BCUT2D eigenvalue weighted by atomic mass is 79.9. The van der Waals surface area contributed by atoms with Crippen LogP contribution in [0.5, 0.6) is 0 Å². The molecule has 0 aliphatic rings. The highest BCUT2D eigenvalue weighted by molar-refractivity contribution is 9.10. The highest BCUT2D eigenvalue weighted by Crippen LogP contribution is 2.24. The second-order valence-corrected chi connectivity index (χ2v) is 3.72. The third-order valence-corrected chi connectivity index (χ3v) is 2.61. The first-order chi connectivity index (χ1) is 6.70. The van der Waals surface area contributed by atoms with E-state index in [4.69, 9.17) is 5.73 Å². The summed E-state index contributed by atoms with van der Waals surface area (Å²) in [5.41, 5.74) is 5.52. The van der Waals surface area contributed by atoms with Gasteiger partial charge in [0.1, 0.15) is 5.69 Å². The summed E-state index contributed by atoms with van der Waals surface area (Å²) in [4.78, 5) is 15.1. The molecule has 1 aromatic heterocycles. The van der Waals surface area contributed by atoms with E-state index in [-0.39, 0.29) is 0 Å². The molecule has 1 aromatic carbocycles. The van der Waals surface area contributed by atoms with Gasteiger partial charge in [-0.25, -0.2) is 4.98 Å². The van der Waals surface area contributed by atoms with E-state index >= 15 is 0 Å². The normalized spacial score (nSPS) is 10.4. The number of carbonyl (C=O) groups is 1. The molecule has 2 rings (SSSR count). The Hall–Kier alpha value is -1.42. The van der Waals surface area contributed by atoms with Gasteiger partial charge in [-0.3, -0.25) is 4.79 Å². The van der Waals surface area contributed by atoms with E-state index in [1.807, 2.05) is 24.3 Å². The quantitative estimate of drug-likeness (QED) is 0.843. The number of aromatic nitrogens is 1. The average Bonchev–Trinajstić information content (AvgIpc) is 2.18. The lowest BCUT2D eigenvalue weighted by Gasteiger charge is -2.03. The zero-order valence-corrected chi connectivity index (χ0v) is 8.78. The molecule has 0 bridgehead atoms. The first kappa shape index (κ1) is 9.15. The monoisotopic (exact) mass is 250 g/mol. The maximum Gasteiger partial charge on any atom is 0.267 e. The van der Waals surface area contributed by atoms with Crippen molar-refractivity contribution in [1.82, 2.24) is 4.98 Å². The predicted octanol–water partition coefficient (Wildman–Crippen LogP) is 2.10. The molecule has 1 amide bonds. The fourth-order valence-corrected chi connectivity index (χ4v) is 1.80. The standard InChI is InChI=1S/C10H7BrN2O/c11-8-5-13-9(10(12)14)7-4-2-1-3-6(7)8/h1-5H,(H2,12,14). The van der Waals surface area contributed by atoms with Crippen LogP contribution in [0.4, 0.5) is 0 Å². The van der Waals surface area contributed by atoms with Crippen molar-refractivity contribution in [2.75, 3.05) is 0 Å². The molecule has 0 aliphatic carbocycles. The van der Waals surface area contributed by atoms with Crippen LogP contribution in [0, 0.1) is 0 Å². The van der Waals surface area contributed by atoms with Gasteiger partial charge in [-0.15, -0.1) is 0 Å². The lowest BCUT2D eigenvalue weighted by molar-refractivity contribution is 0.0997. The van der Waals surface area contributed by atoms with Crippen LogP contribution < -0.4 is 5.73 Å². The third-order valence-electron chi connectivity index (χ3n) is 1.98. The maximum atomic E-state index is 11.1. The van der Waals surface area contributed by atoms with Crippen molar-refractivity contribution >= 4 is 32.6 Å². The highest BCUT2D eigenvalue weighted by Gasteiger charge is 2.09. The average molecular weight is 251 g/mol. The molecule has 14 heavy (non-hydrogen) atoms. The van der Waals surface area contributed by atoms with Gasteiger partial charge in [0.15, 0.2) is 0 Å². The Morgan fingerprint density at radius 1 is 1.29 bits per heavy atom. The maximum absolute atomic E-state index is 11.1. The number of nitrogens with two attached hydrogens (primary N) is 1. The van der Waals surface area contributed by atoms with Crippen LogP contribution in [0.15, 0.2) is 34.9 Å². The molecule has 0 unspecified atom stereocenters. The Morgan fingerprint density at radius 2 is 1.93 bits per heavy atom. The van der Waals surface area contributed by atoms with Gasteiger partial charge in [0, 0.05) is 16.1 Å². The van der Waals surface area contributed by atoms with Gasteiger partial charge in [0.2, 0.25) is 0 Å². The van der Waals surface area contributed by atoms with Crippen molar-refractivity contribution in [3.8, 4) is 0 Å². The number of amides is 1. The number of halogens is 1. The van der Waals surface area contributed by atoms with Gasteiger partial charge < -0.3 is 5.73 Å². The molecule has 0 spiro atoms. The smallest absolute Gasteiger partial charge is 0.267 e. The van der Waals surface area contributed by atoms with E-state index in [2.05, 4.69) is 20.9 Å². The second kappa shape index (κ2) is 3.38. The topological polar surface area (TPSA) is 56.0 Å². The number of rotatable bonds is 1. The fraction of sp³-hybridized carbons (Fsp3) is 0. The van der Waals surface area contributed by atoms with E-state index in [1.165, 1.54) is 0 Å². The van der Waals surface area contributed by atoms with E-state index < -0.39 is 5.91 Å². The minimum atomic E-state index is -0.506. The number of pyridine rings is 1. The molecular formula is C10H7BrN2O. The SMILES string of the molecule is NC(=O)c1ncc(Br)c2ccccc12. The number of primary amides is 1. The Balaban J connectivity index is 2.88. The predicted molar refractivity (Wildman–Crippen MR) is 58.0 cm³/mol. The lowest BCUT2D eigenvalue weighted by Crippen LogP contribution is -2.13. The molecule has 0 radical (unpaired) electrons. The van der Waals surface area contributed by atoms with E-state index in [0.717, 1.165) is 15.2 Å². The van der Waals surface area contributed by atoms with Crippen molar-refractivity contribution in [3.63, 3.8) is 0 Å². The Morgan fingerprint density at radius 3 is 2.57 bits per heavy atom. The molecule has 70 valence electrons. The summed E-state index contributed by atoms with van der Waals surface area (Å²) in [7, 11) is 0. The van der Waals surface area contributed by atoms with Crippen LogP contribution in [0.3, 0.4) is 0 Å². The first-order valence-corrected chi connectivity index (χ1v) is 4.82. The summed E-state index contributed by atoms with van der Waals surface area (Å²) in [6.45, 7) is 0. The van der Waals surface area contributed by atoms with Gasteiger partial charge in [0.05, 0.1) is 0 Å². The molecule has 0 saturated carbocycles. The molecule has 0 atom stereocenters. The van der Waals surface area contributed by atoms with Crippen LogP contribution in [0.2, 0.25) is 0 Å². The first-order valence-electron chi connectivity index (χ1n) is 4.03. The fourth-order valence-electron chi connectivity index (χ4n) is 1.35. The van der Waals surface area contributed by atoms with Crippen LogP contribution in [-0.2, 0) is 0 Å². The number of nitrogens with zero attached hydrogens (tertiary/aromatic N) is 1. The Kier molecular flexibility index (Phi) is 2.21. The van der Waals surface area contributed by atoms with E-state index in [0.29, 0.717) is 5.69 Å². The van der Waals surface area contributed by atoms with Crippen molar-refractivity contribution < 1.29 is 4.79 Å². The third kappa shape index (κ3) is 1.37. The molecule has 0 fully saturated rings. The second-order valence-electron chi connectivity index (χ2n) is 2.86. The molecule has 2 aromatic rings. The van der Waals surface area contributed by atoms with Crippen LogP contribution in [0.1, 0.15) is 10.5 Å². The summed E-state index contributed by atoms with van der Waals surface area (Å²) in [6, 6.07) is 7.49. The van der Waals surface area contributed by atoms with Crippen molar-refractivity contribution in [1.29, 1.82) is 0 Å². The van der Waals surface area contributed by atoms with Gasteiger partial charge >= 0.3 is 0 Å². The minimum Gasteiger partial charge on any atom is -0.364 e. The van der Waals surface area contributed by atoms with Gasteiger partial charge in [-0.2, -0.15) is 0 Å². The van der Waals surface area contributed by atoms with Crippen LogP contribution >= 0.6 is 15.9 Å². The zero-order valence-electron chi connectivity index (χ0n) is 7.20. The minimum absolute atomic E-state index is 0.309. The molecular weight excluding hydrogens is 244 g/mol. The van der Waals surface area contributed by atoms with Crippen molar-refractivity contribution in [3.05, 3.63) is 40.6 Å².